The molecule has 9 rings (SSSR count). The molecule has 0 atom stereocenters. The van der Waals surface area contributed by atoms with Gasteiger partial charge in [0.2, 0.25) is 0 Å². The molecule has 0 saturated carbocycles. The van der Waals surface area contributed by atoms with Gasteiger partial charge in [-0.2, -0.15) is 0 Å². The molecule has 0 aliphatic heterocycles. The van der Waals surface area contributed by atoms with Crippen LogP contribution in [0.1, 0.15) is 0 Å². The average Bonchev–Trinajstić information content (AvgIpc) is 3.57. The third-order valence-electron chi connectivity index (χ3n) is 8.17. The molecule has 186 valence electrons. The molecular weight excluding hydrogens is 488 g/mol. The predicted molar refractivity (Wildman–Crippen MR) is 165 cm³/mol. The van der Waals surface area contributed by atoms with Crippen molar-refractivity contribution in [3.8, 4) is 17.1 Å². The van der Waals surface area contributed by atoms with Crippen LogP contribution in [0.5, 0.6) is 0 Å². The van der Waals surface area contributed by atoms with Crippen molar-refractivity contribution in [2.45, 2.75) is 0 Å². The SMILES string of the molecule is c1cc(-c2ccncc2)nc(-n2c3ccccc3c3cc4c5ccccc5c5cc6ccccc6n5c4cc32)c1. The number of pyridine rings is 3. The van der Waals surface area contributed by atoms with Crippen LogP contribution < -0.4 is 0 Å². The van der Waals surface area contributed by atoms with Gasteiger partial charge in [0, 0.05) is 44.9 Å². The number of nitrogens with zero attached hydrogens (tertiary/aromatic N) is 4. The average molecular weight is 511 g/mol. The van der Waals surface area contributed by atoms with Gasteiger partial charge in [-0.3, -0.25) is 9.55 Å². The van der Waals surface area contributed by atoms with Crippen LogP contribution in [0.4, 0.5) is 0 Å². The Balaban J connectivity index is 1.47. The minimum absolute atomic E-state index is 0.897. The first-order valence-corrected chi connectivity index (χ1v) is 13.5. The zero-order valence-electron chi connectivity index (χ0n) is 21.5. The largest absolute Gasteiger partial charge is 0.309 e. The minimum Gasteiger partial charge on any atom is -0.309 e. The topological polar surface area (TPSA) is 35.1 Å². The highest BCUT2D eigenvalue weighted by Crippen LogP contribution is 2.39. The third-order valence-corrected chi connectivity index (χ3v) is 8.17. The zero-order chi connectivity index (χ0) is 26.2. The summed E-state index contributed by atoms with van der Waals surface area (Å²) in [6.45, 7) is 0. The Hall–Kier alpha value is -5.48. The summed E-state index contributed by atoms with van der Waals surface area (Å²) >= 11 is 0. The number of benzene rings is 4. The van der Waals surface area contributed by atoms with Gasteiger partial charge in [-0.15, -0.1) is 0 Å². The number of hydrogen-bond donors (Lipinski definition) is 0. The summed E-state index contributed by atoms with van der Waals surface area (Å²) in [5.41, 5.74) is 7.90. The van der Waals surface area contributed by atoms with Crippen molar-refractivity contribution in [1.82, 2.24) is 18.9 Å². The first-order chi connectivity index (χ1) is 19.8. The van der Waals surface area contributed by atoms with E-state index in [9.17, 15) is 0 Å². The highest BCUT2D eigenvalue weighted by atomic mass is 15.1. The van der Waals surface area contributed by atoms with Gasteiger partial charge in [0.05, 0.1) is 33.3 Å². The molecule has 4 heteroatoms. The second kappa shape index (κ2) is 8.01. The molecule has 0 spiro atoms. The van der Waals surface area contributed by atoms with E-state index in [0.717, 1.165) is 28.1 Å². The summed E-state index contributed by atoms with van der Waals surface area (Å²) < 4.78 is 4.73. The lowest BCUT2D eigenvalue weighted by Gasteiger charge is -2.12. The van der Waals surface area contributed by atoms with Gasteiger partial charge in [0.1, 0.15) is 5.82 Å². The fraction of sp³-hybridized carbons (Fsp3) is 0. The van der Waals surface area contributed by atoms with Gasteiger partial charge < -0.3 is 4.40 Å². The number of para-hydroxylation sites is 2. The van der Waals surface area contributed by atoms with E-state index in [0.29, 0.717) is 0 Å². The van der Waals surface area contributed by atoms with Crippen LogP contribution in [0.25, 0.3) is 77.0 Å². The van der Waals surface area contributed by atoms with Gasteiger partial charge in [0.15, 0.2) is 0 Å². The Bertz CT molecular complexity index is 2430. The molecule has 9 aromatic rings. The molecule has 5 heterocycles. The molecule has 4 aromatic carbocycles. The number of hydrogen-bond acceptors (Lipinski definition) is 2. The second-order valence-corrected chi connectivity index (χ2v) is 10.3. The zero-order valence-corrected chi connectivity index (χ0v) is 21.5. The van der Waals surface area contributed by atoms with E-state index < -0.39 is 0 Å². The smallest absolute Gasteiger partial charge is 0.138 e. The van der Waals surface area contributed by atoms with Crippen LogP contribution in [-0.2, 0) is 0 Å². The quantitative estimate of drug-likeness (QED) is 0.218. The Labute approximate surface area is 229 Å². The Kier molecular flexibility index (Phi) is 4.30. The molecule has 0 fully saturated rings. The molecule has 0 unspecified atom stereocenters. The van der Waals surface area contributed by atoms with Crippen molar-refractivity contribution in [3.05, 3.63) is 134 Å². The maximum atomic E-state index is 5.15. The summed E-state index contributed by atoms with van der Waals surface area (Å²) in [5.74, 6) is 0.897. The van der Waals surface area contributed by atoms with Crippen LogP contribution in [0.3, 0.4) is 0 Å². The number of rotatable bonds is 2. The van der Waals surface area contributed by atoms with E-state index in [1.807, 2.05) is 24.5 Å². The predicted octanol–water partition coefficient (Wildman–Crippen LogP) is 8.95. The molecule has 0 N–H and O–H groups in total. The summed E-state index contributed by atoms with van der Waals surface area (Å²) in [7, 11) is 0. The van der Waals surface area contributed by atoms with E-state index >= 15 is 0 Å². The summed E-state index contributed by atoms with van der Waals surface area (Å²) in [6.07, 6.45) is 3.63. The van der Waals surface area contributed by atoms with Crippen LogP contribution >= 0.6 is 0 Å². The second-order valence-electron chi connectivity index (χ2n) is 10.3. The van der Waals surface area contributed by atoms with Crippen LogP contribution in [0.2, 0.25) is 0 Å². The Morgan fingerprint density at radius 2 is 1.12 bits per heavy atom. The molecule has 0 aliphatic rings. The first-order valence-electron chi connectivity index (χ1n) is 13.5. The van der Waals surface area contributed by atoms with Gasteiger partial charge >= 0.3 is 0 Å². The van der Waals surface area contributed by atoms with E-state index in [4.69, 9.17) is 4.98 Å². The van der Waals surface area contributed by atoms with Crippen LogP contribution in [0, 0.1) is 0 Å². The number of aromatic nitrogens is 4. The first kappa shape index (κ1) is 21.5. The van der Waals surface area contributed by atoms with Crippen molar-refractivity contribution in [3.63, 3.8) is 0 Å². The Morgan fingerprint density at radius 3 is 1.98 bits per heavy atom. The fourth-order valence-corrected chi connectivity index (χ4v) is 6.44. The summed E-state index contributed by atoms with van der Waals surface area (Å²) in [5, 5.41) is 7.47. The van der Waals surface area contributed by atoms with Gasteiger partial charge in [-0.1, -0.05) is 66.7 Å². The maximum absolute atomic E-state index is 5.15. The molecule has 0 bridgehead atoms. The lowest BCUT2D eigenvalue weighted by atomic mass is 10.0. The van der Waals surface area contributed by atoms with Gasteiger partial charge in [0.25, 0.3) is 0 Å². The fourth-order valence-electron chi connectivity index (χ4n) is 6.44. The molecule has 0 amide bonds. The lowest BCUT2D eigenvalue weighted by molar-refractivity contribution is 1.08. The van der Waals surface area contributed by atoms with Crippen LogP contribution in [-0.4, -0.2) is 18.9 Å². The van der Waals surface area contributed by atoms with E-state index in [2.05, 4.69) is 123 Å². The Morgan fingerprint density at radius 1 is 0.450 bits per heavy atom. The van der Waals surface area contributed by atoms with E-state index in [1.54, 1.807) is 0 Å². The van der Waals surface area contributed by atoms with E-state index in [-0.39, 0.29) is 0 Å². The highest BCUT2D eigenvalue weighted by molar-refractivity contribution is 6.21. The highest BCUT2D eigenvalue weighted by Gasteiger charge is 2.18. The van der Waals surface area contributed by atoms with Gasteiger partial charge in [-0.05, 0) is 60.0 Å². The molecule has 0 aliphatic carbocycles. The summed E-state index contributed by atoms with van der Waals surface area (Å²) in [4.78, 5) is 9.33. The third kappa shape index (κ3) is 2.90. The van der Waals surface area contributed by atoms with E-state index in [1.165, 1.54) is 48.9 Å². The van der Waals surface area contributed by atoms with Crippen molar-refractivity contribution < 1.29 is 0 Å². The molecule has 40 heavy (non-hydrogen) atoms. The molecular formula is C36H22N4. The van der Waals surface area contributed by atoms with Crippen LogP contribution in [0.15, 0.2) is 134 Å². The van der Waals surface area contributed by atoms with Crippen molar-refractivity contribution >= 4 is 59.9 Å². The van der Waals surface area contributed by atoms with Crippen molar-refractivity contribution in [2.75, 3.05) is 0 Å². The minimum atomic E-state index is 0.897. The van der Waals surface area contributed by atoms with Crippen molar-refractivity contribution in [2.24, 2.45) is 0 Å². The molecule has 4 nitrogen and oxygen atoms in total. The molecule has 0 radical (unpaired) electrons. The maximum Gasteiger partial charge on any atom is 0.138 e. The molecule has 5 aromatic heterocycles. The monoisotopic (exact) mass is 510 g/mol. The molecule has 0 saturated heterocycles. The number of fused-ring (bicyclic) bond motifs is 11. The van der Waals surface area contributed by atoms with Gasteiger partial charge in [-0.25, -0.2) is 4.98 Å². The summed E-state index contributed by atoms with van der Waals surface area (Å²) in [6, 6.07) is 43.4. The van der Waals surface area contributed by atoms with Crippen molar-refractivity contribution in [1.29, 1.82) is 0 Å². The lowest BCUT2D eigenvalue weighted by Crippen LogP contribution is -1.99. The standard InChI is InChI=1S/C36H22N4/c1-5-13-31-24(8-1)20-33-26-10-3-2-9-25(26)28-21-29-27-11-4-6-14-32(27)40(35(29)22-34(28)39(31)33)36-15-7-12-30(38-36)23-16-18-37-19-17-23/h1-22H. The normalized spacial score (nSPS) is 12.0.